The molecule has 4 heteroatoms. The van der Waals surface area contributed by atoms with Gasteiger partial charge in [0.2, 0.25) is 0 Å². The molecule has 0 saturated heterocycles. The van der Waals surface area contributed by atoms with Crippen LogP contribution in [0.4, 0.5) is 0 Å². The molecule has 0 radical (unpaired) electrons. The lowest BCUT2D eigenvalue weighted by Crippen LogP contribution is -2.39. The molecular weight excluding hydrogens is 276 g/mol. The number of pyridine rings is 1. The predicted octanol–water partition coefficient (Wildman–Crippen LogP) is 4.05. The van der Waals surface area contributed by atoms with Crippen molar-refractivity contribution >= 4 is 24.4 Å². The van der Waals surface area contributed by atoms with Crippen LogP contribution in [0.2, 0.25) is 19.6 Å². The Morgan fingerprint density at radius 1 is 1.10 bits per heavy atom. The average Bonchev–Trinajstić information content (AvgIpc) is 2.76. The van der Waals surface area contributed by atoms with E-state index in [9.17, 15) is 0 Å². The molecule has 0 unspecified atom stereocenters. The van der Waals surface area contributed by atoms with Crippen molar-refractivity contribution in [2.45, 2.75) is 33.5 Å². The standard InChI is InChI=1S/C17H20N2OSi/c1-11-9-15(18-10-16(11)21(3,4)5)13-7-6-8-14-17(13)20-12(2)19-14/h6-10H,1-5H3. The normalized spacial score (nSPS) is 12.0. The summed E-state index contributed by atoms with van der Waals surface area (Å²) in [6, 6.07) is 8.19. The number of oxazole rings is 1. The van der Waals surface area contributed by atoms with Gasteiger partial charge in [0, 0.05) is 18.7 Å². The van der Waals surface area contributed by atoms with Crippen molar-refractivity contribution < 1.29 is 4.42 Å². The molecule has 0 fully saturated rings. The fraction of sp³-hybridized carbons (Fsp3) is 0.294. The van der Waals surface area contributed by atoms with Gasteiger partial charge in [-0.15, -0.1) is 0 Å². The second-order valence-corrected chi connectivity index (χ2v) is 11.6. The fourth-order valence-corrected chi connectivity index (χ4v) is 4.46. The zero-order valence-electron chi connectivity index (χ0n) is 13.2. The second kappa shape index (κ2) is 4.81. The number of para-hydroxylation sites is 1. The number of hydrogen-bond acceptors (Lipinski definition) is 3. The van der Waals surface area contributed by atoms with Gasteiger partial charge < -0.3 is 4.42 Å². The van der Waals surface area contributed by atoms with Crippen LogP contribution in [-0.2, 0) is 0 Å². The number of hydrogen-bond donors (Lipinski definition) is 0. The third-order valence-electron chi connectivity index (χ3n) is 3.72. The molecule has 0 N–H and O–H groups in total. The molecule has 0 bridgehead atoms. The number of aryl methyl sites for hydroxylation is 2. The first-order valence-corrected chi connectivity index (χ1v) is 10.7. The van der Waals surface area contributed by atoms with Gasteiger partial charge in [-0.25, -0.2) is 4.98 Å². The van der Waals surface area contributed by atoms with Gasteiger partial charge in [-0.05, 0) is 35.9 Å². The minimum atomic E-state index is -1.35. The fourth-order valence-electron chi connectivity index (χ4n) is 2.75. The lowest BCUT2D eigenvalue weighted by atomic mass is 10.1. The molecule has 2 heterocycles. The topological polar surface area (TPSA) is 38.9 Å². The quantitative estimate of drug-likeness (QED) is 0.670. The van der Waals surface area contributed by atoms with Gasteiger partial charge in [-0.1, -0.05) is 25.7 Å². The van der Waals surface area contributed by atoms with Gasteiger partial charge >= 0.3 is 0 Å². The van der Waals surface area contributed by atoms with E-state index in [1.807, 2.05) is 31.3 Å². The van der Waals surface area contributed by atoms with Gasteiger partial charge in [-0.3, -0.25) is 4.98 Å². The van der Waals surface area contributed by atoms with E-state index in [2.05, 4.69) is 42.6 Å². The molecule has 0 atom stereocenters. The van der Waals surface area contributed by atoms with Crippen molar-refractivity contribution in [1.29, 1.82) is 0 Å². The lowest BCUT2D eigenvalue weighted by molar-refractivity contribution is 0.562. The maximum absolute atomic E-state index is 5.75. The van der Waals surface area contributed by atoms with Crippen LogP contribution in [0.15, 0.2) is 34.9 Å². The number of aromatic nitrogens is 2. The molecule has 0 aliphatic carbocycles. The van der Waals surface area contributed by atoms with Crippen LogP contribution in [0.3, 0.4) is 0 Å². The van der Waals surface area contributed by atoms with Gasteiger partial charge in [0.15, 0.2) is 11.5 Å². The van der Waals surface area contributed by atoms with Crippen LogP contribution in [0.5, 0.6) is 0 Å². The van der Waals surface area contributed by atoms with E-state index in [4.69, 9.17) is 4.42 Å². The Bertz CT molecular complexity index is 815. The van der Waals surface area contributed by atoms with Crippen molar-refractivity contribution in [2.75, 3.05) is 0 Å². The minimum Gasteiger partial charge on any atom is -0.440 e. The molecule has 2 aromatic heterocycles. The molecule has 3 rings (SSSR count). The third-order valence-corrected chi connectivity index (χ3v) is 5.86. The van der Waals surface area contributed by atoms with E-state index in [-0.39, 0.29) is 0 Å². The summed E-state index contributed by atoms with van der Waals surface area (Å²) in [6.07, 6.45) is 2.04. The van der Waals surface area contributed by atoms with Crippen molar-refractivity contribution in [3.8, 4) is 11.3 Å². The predicted molar refractivity (Wildman–Crippen MR) is 89.7 cm³/mol. The van der Waals surface area contributed by atoms with E-state index in [1.54, 1.807) is 0 Å². The SMILES string of the molecule is Cc1nc2cccc(-c3cc(C)c([Si](C)(C)C)cn3)c2o1. The monoisotopic (exact) mass is 296 g/mol. The first-order valence-electron chi connectivity index (χ1n) is 7.20. The number of benzene rings is 1. The molecule has 108 valence electrons. The van der Waals surface area contributed by atoms with Crippen molar-refractivity contribution in [2.24, 2.45) is 0 Å². The number of rotatable bonds is 2. The molecular formula is C17H20N2OSi. The Morgan fingerprint density at radius 2 is 1.86 bits per heavy atom. The molecule has 0 amide bonds. The highest BCUT2D eigenvalue weighted by Crippen LogP contribution is 2.28. The van der Waals surface area contributed by atoms with Crippen LogP contribution in [0.25, 0.3) is 22.4 Å². The molecule has 0 spiro atoms. The van der Waals surface area contributed by atoms with E-state index < -0.39 is 8.07 Å². The maximum atomic E-state index is 5.75. The van der Waals surface area contributed by atoms with E-state index in [1.165, 1.54) is 10.8 Å². The van der Waals surface area contributed by atoms with Gasteiger partial charge in [0.1, 0.15) is 5.52 Å². The Labute approximate surface area is 126 Å². The molecule has 3 nitrogen and oxygen atoms in total. The molecule has 0 aliphatic heterocycles. The largest absolute Gasteiger partial charge is 0.440 e. The van der Waals surface area contributed by atoms with Crippen molar-refractivity contribution in [1.82, 2.24) is 9.97 Å². The Hall–Kier alpha value is -1.94. The summed E-state index contributed by atoms with van der Waals surface area (Å²) >= 11 is 0. The third kappa shape index (κ3) is 2.51. The summed E-state index contributed by atoms with van der Waals surface area (Å²) in [5.74, 6) is 0.688. The van der Waals surface area contributed by atoms with Crippen LogP contribution >= 0.6 is 0 Å². The maximum Gasteiger partial charge on any atom is 0.192 e. The summed E-state index contributed by atoms with van der Waals surface area (Å²) in [7, 11) is -1.35. The molecule has 3 aromatic rings. The summed E-state index contributed by atoms with van der Waals surface area (Å²) in [5, 5.41) is 1.41. The smallest absolute Gasteiger partial charge is 0.192 e. The van der Waals surface area contributed by atoms with E-state index in [0.717, 1.165) is 22.4 Å². The summed E-state index contributed by atoms with van der Waals surface area (Å²) < 4.78 is 5.75. The lowest BCUT2D eigenvalue weighted by Gasteiger charge is -2.19. The summed E-state index contributed by atoms with van der Waals surface area (Å²) in [4.78, 5) is 9.07. The van der Waals surface area contributed by atoms with Crippen molar-refractivity contribution in [3.63, 3.8) is 0 Å². The first-order chi connectivity index (χ1) is 9.86. The van der Waals surface area contributed by atoms with E-state index in [0.29, 0.717) is 5.89 Å². The molecule has 0 aliphatic rings. The second-order valence-electron chi connectivity index (χ2n) is 6.52. The Balaban J connectivity index is 2.18. The first kappa shape index (κ1) is 14.0. The number of fused-ring (bicyclic) bond motifs is 1. The van der Waals surface area contributed by atoms with Crippen molar-refractivity contribution in [3.05, 3.63) is 41.9 Å². The Kier molecular flexibility index (Phi) is 3.21. The zero-order valence-corrected chi connectivity index (χ0v) is 14.2. The summed E-state index contributed by atoms with van der Waals surface area (Å²) in [6.45, 7) is 11.1. The van der Waals surface area contributed by atoms with Crippen LogP contribution in [0, 0.1) is 13.8 Å². The highest BCUT2D eigenvalue weighted by Gasteiger charge is 2.20. The highest BCUT2D eigenvalue weighted by atomic mass is 28.3. The minimum absolute atomic E-state index is 0.688. The van der Waals surface area contributed by atoms with Crippen LogP contribution in [0.1, 0.15) is 11.5 Å². The zero-order chi connectivity index (χ0) is 15.2. The molecule has 1 aromatic carbocycles. The van der Waals surface area contributed by atoms with Crippen LogP contribution < -0.4 is 5.19 Å². The highest BCUT2D eigenvalue weighted by molar-refractivity contribution is 6.89. The average molecular weight is 296 g/mol. The van der Waals surface area contributed by atoms with Gasteiger partial charge in [0.25, 0.3) is 0 Å². The molecule has 21 heavy (non-hydrogen) atoms. The van der Waals surface area contributed by atoms with Gasteiger partial charge in [-0.2, -0.15) is 0 Å². The summed E-state index contributed by atoms with van der Waals surface area (Å²) in [5.41, 5.74) is 4.99. The van der Waals surface area contributed by atoms with Gasteiger partial charge in [0.05, 0.1) is 13.8 Å². The molecule has 0 saturated carbocycles. The Morgan fingerprint density at radius 3 is 2.52 bits per heavy atom. The number of nitrogens with zero attached hydrogens (tertiary/aromatic N) is 2. The van der Waals surface area contributed by atoms with Crippen LogP contribution in [-0.4, -0.2) is 18.0 Å². The van der Waals surface area contributed by atoms with E-state index >= 15 is 0 Å².